The van der Waals surface area contributed by atoms with Crippen molar-refractivity contribution in [2.75, 3.05) is 0 Å². The molecule has 2 bridgehead atoms. The summed E-state index contributed by atoms with van der Waals surface area (Å²) in [5.41, 5.74) is 2.46. The van der Waals surface area contributed by atoms with Crippen LogP contribution in [0.4, 0.5) is 0 Å². The van der Waals surface area contributed by atoms with Gasteiger partial charge in [0.05, 0.1) is 5.69 Å². The first-order chi connectivity index (χ1) is 14.1. The molecule has 148 valence electrons. The summed E-state index contributed by atoms with van der Waals surface area (Å²) in [4.78, 5) is 14.1. The number of piperidine rings is 1. The van der Waals surface area contributed by atoms with Gasteiger partial charge >= 0.3 is 0 Å². The SMILES string of the molecule is O=c1cc(-c2ccc(-c3ccc(OC4C[C@H]5CC[C@@H](C4)N5)nn3)c(O)c2)cc[nH]1. The molecule has 4 heterocycles. The number of phenolic OH excluding ortho intramolecular Hbond substituents is 1. The molecule has 7 heteroatoms. The van der Waals surface area contributed by atoms with Gasteiger partial charge in [0, 0.05) is 36.0 Å². The van der Waals surface area contributed by atoms with Crippen LogP contribution in [0, 0.1) is 0 Å². The Morgan fingerprint density at radius 3 is 2.45 bits per heavy atom. The van der Waals surface area contributed by atoms with Gasteiger partial charge in [-0.1, -0.05) is 6.07 Å². The summed E-state index contributed by atoms with van der Waals surface area (Å²) >= 11 is 0. The van der Waals surface area contributed by atoms with Crippen LogP contribution >= 0.6 is 0 Å². The number of benzene rings is 1. The molecular weight excluding hydrogens is 368 g/mol. The number of ether oxygens (including phenoxy) is 1. The van der Waals surface area contributed by atoms with E-state index in [2.05, 4.69) is 20.5 Å². The number of hydrogen-bond acceptors (Lipinski definition) is 6. The summed E-state index contributed by atoms with van der Waals surface area (Å²) < 4.78 is 6.04. The highest BCUT2D eigenvalue weighted by molar-refractivity contribution is 5.73. The molecule has 2 aliphatic heterocycles. The number of nitrogens with one attached hydrogen (secondary N) is 2. The van der Waals surface area contributed by atoms with Crippen molar-refractivity contribution in [3.63, 3.8) is 0 Å². The van der Waals surface area contributed by atoms with Gasteiger partial charge in [-0.05, 0) is 61.1 Å². The maximum absolute atomic E-state index is 11.5. The minimum atomic E-state index is -0.186. The number of aromatic amines is 1. The third-order valence-corrected chi connectivity index (χ3v) is 5.74. The lowest BCUT2D eigenvalue weighted by atomic mass is 10.0. The van der Waals surface area contributed by atoms with Crippen LogP contribution in [0.2, 0.25) is 0 Å². The van der Waals surface area contributed by atoms with E-state index in [-0.39, 0.29) is 17.4 Å². The molecule has 0 spiro atoms. The monoisotopic (exact) mass is 390 g/mol. The molecule has 5 rings (SSSR count). The number of aromatic hydroxyl groups is 1. The molecule has 3 aromatic rings. The van der Waals surface area contributed by atoms with E-state index in [1.165, 1.54) is 18.9 Å². The third kappa shape index (κ3) is 3.73. The second kappa shape index (κ2) is 7.33. The molecule has 29 heavy (non-hydrogen) atoms. The smallest absolute Gasteiger partial charge is 0.248 e. The van der Waals surface area contributed by atoms with Gasteiger partial charge < -0.3 is 20.1 Å². The highest BCUT2D eigenvalue weighted by atomic mass is 16.5. The number of fused-ring (bicyclic) bond motifs is 2. The maximum atomic E-state index is 11.5. The van der Waals surface area contributed by atoms with Gasteiger partial charge in [-0.25, -0.2) is 0 Å². The van der Waals surface area contributed by atoms with E-state index in [1.54, 1.807) is 36.5 Å². The lowest BCUT2D eigenvalue weighted by molar-refractivity contribution is 0.130. The van der Waals surface area contributed by atoms with Crippen LogP contribution < -0.4 is 15.6 Å². The zero-order valence-electron chi connectivity index (χ0n) is 15.8. The number of H-pyrrole nitrogens is 1. The molecule has 2 aliphatic rings. The van der Waals surface area contributed by atoms with E-state index < -0.39 is 0 Å². The number of hydrogen-bond donors (Lipinski definition) is 3. The van der Waals surface area contributed by atoms with Crippen LogP contribution in [0.25, 0.3) is 22.4 Å². The van der Waals surface area contributed by atoms with E-state index in [1.807, 2.05) is 6.07 Å². The zero-order chi connectivity index (χ0) is 19.8. The standard InChI is InChI=1S/C22H22N4O3/c27-20-9-13(14-7-8-23-21(28)10-14)1-4-18(20)19-5-6-22(26-25-19)29-17-11-15-2-3-16(12-17)24-15/h1,4-10,15-17,24,27H,2-3,11-12H2,(H,23,28)/t15-,16+,17?. The predicted octanol–water partition coefficient (Wildman–Crippen LogP) is 2.87. The molecule has 2 saturated heterocycles. The summed E-state index contributed by atoms with van der Waals surface area (Å²) in [6.07, 6.45) is 6.22. The van der Waals surface area contributed by atoms with Crippen molar-refractivity contribution >= 4 is 0 Å². The van der Waals surface area contributed by atoms with E-state index in [0.29, 0.717) is 29.2 Å². The first-order valence-corrected chi connectivity index (χ1v) is 9.93. The second-order valence-electron chi connectivity index (χ2n) is 7.78. The fourth-order valence-corrected chi connectivity index (χ4v) is 4.35. The largest absolute Gasteiger partial charge is 0.507 e. The van der Waals surface area contributed by atoms with Crippen LogP contribution in [0.15, 0.2) is 53.5 Å². The first-order valence-electron chi connectivity index (χ1n) is 9.93. The fraction of sp³-hybridized carbons (Fsp3) is 0.318. The van der Waals surface area contributed by atoms with E-state index >= 15 is 0 Å². The first kappa shape index (κ1) is 17.9. The number of aromatic nitrogens is 3. The van der Waals surface area contributed by atoms with Crippen molar-refractivity contribution in [1.29, 1.82) is 0 Å². The Labute approximate surface area is 167 Å². The van der Waals surface area contributed by atoms with E-state index in [4.69, 9.17) is 4.74 Å². The molecule has 0 radical (unpaired) electrons. The van der Waals surface area contributed by atoms with Crippen LogP contribution in [0.5, 0.6) is 11.6 Å². The number of pyridine rings is 1. The van der Waals surface area contributed by atoms with Gasteiger partial charge in [0.15, 0.2) is 0 Å². The Morgan fingerprint density at radius 2 is 1.76 bits per heavy atom. The lowest BCUT2D eigenvalue weighted by Crippen LogP contribution is -2.42. The average molecular weight is 390 g/mol. The summed E-state index contributed by atoms with van der Waals surface area (Å²) in [6.45, 7) is 0. The van der Waals surface area contributed by atoms with Crippen LogP contribution in [0.1, 0.15) is 25.7 Å². The van der Waals surface area contributed by atoms with Crippen molar-refractivity contribution in [3.8, 4) is 34.0 Å². The Morgan fingerprint density at radius 1 is 0.966 bits per heavy atom. The highest BCUT2D eigenvalue weighted by Crippen LogP contribution is 2.33. The third-order valence-electron chi connectivity index (χ3n) is 5.74. The van der Waals surface area contributed by atoms with Gasteiger partial charge in [0.2, 0.25) is 11.4 Å². The maximum Gasteiger partial charge on any atom is 0.248 e. The summed E-state index contributed by atoms with van der Waals surface area (Å²) in [7, 11) is 0. The van der Waals surface area contributed by atoms with Gasteiger partial charge in [0.25, 0.3) is 0 Å². The minimum absolute atomic E-state index is 0.0840. The normalized spacial score (nSPS) is 23.1. The predicted molar refractivity (Wildman–Crippen MR) is 109 cm³/mol. The Bertz CT molecular complexity index is 1070. The van der Waals surface area contributed by atoms with E-state index in [9.17, 15) is 9.90 Å². The Kier molecular flexibility index (Phi) is 4.52. The summed E-state index contributed by atoms with van der Waals surface area (Å²) in [5.74, 6) is 0.598. The van der Waals surface area contributed by atoms with Gasteiger partial charge in [-0.3, -0.25) is 4.79 Å². The molecule has 2 fully saturated rings. The van der Waals surface area contributed by atoms with Crippen molar-refractivity contribution in [3.05, 3.63) is 59.0 Å². The quantitative estimate of drug-likeness (QED) is 0.633. The van der Waals surface area contributed by atoms with Gasteiger partial charge in [0.1, 0.15) is 11.9 Å². The molecule has 3 N–H and O–H groups in total. The lowest BCUT2D eigenvalue weighted by Gasteiger charge is -2.28. The molecule has 0 saturated carbocycles. The van der Waals surface area contributed by atoms with Crippen LogP contribution in [-0.2, 0) is 0 Å². The summed E-state index contributed by atoms with van der Waals surface area (Å²) in [6, 6.07) is 13.3. The number of rotatable bonds is 4. The molecular formula is C22H22N4O3. The molecule has 1 unspecified atom stereocenters. The molecule has 2 aromatic heterocycles. The fourth-order valence-electron chi connectivity index (χ4n) is 4.35. The number of phenols is 1. The van der Waals surface area contributed by atoms with E-state index in [0.717, 1.165) is 24.0 Å². The summed E-state index contributed by atoms with van der Waals surface area (Å²) in [5, 5.41) is 22.5. The van der Waals surface area contributed by atoms with Gasteiger partial charge in [-0.2, -0.15) is 0 Å². The second-order valence-corrected chi connectivity index (χ2v) is 7.78. The van der Waals surface area contributed by atoms with Gasteiger partial charge in [-0.15, -0.1) is 10.2 Å². The molecule has 0 amide bonds. The molecule has 7 nitrogen and oxygen atoms in total. The van der Waals surface area contributed by atoms with Crippen LogP contribution in [-0.4, -0.2) is 38.5 Å². The Hall–Kier alpha value is -3.19. The van der Waals surface area contributed by atoms with Crippen molar-refractivity contribution in [1.82, 2.24) is 20.5 Å². The highest BCUT2D eigenvalue weighted by Gasteiger charge is 2.34. The van der Waals surface area contributed by atoms with Crippen molar-refractivity contribution in [2.45, 2.75) is 43.9 Å². The zero-order valence-corrected chi connectivity index (χ0v) is 15.8. The minimum Gasteiger partial charge on any atom is -0.507 e. The molecule has 0 aliphatic carbocycles. The topological polar surface area (TPSA) is 100 Å². The van der Waals surface area contributed by atoms with Crippen LogP contribution in [0.3, 0.4) is 0 Å². The Balaban J connectivity index is 1.32. The van der Waals surface area contributed by atoms with Crippen molar-refractivity contribution < 1.29 is 9.84 Å². The molecule has 1 aromatic carbocycles. The average Bonchev–Trinajstić information content (AvgIpc) is 3.07. The number of nitrogens with zero attached hydrogens (tertiary/aromatic N) is 2. The molecule has 3 atom stereocenters. The van der Waals surface area contributed by atoms with Crippen molar-refractivity contribution in [2.24, 2.45) is 0 Å².